The zero-order valence-electron chi connectivity index (χ0n) is 7.87. The lowest BCUT2D eigenvalue weighted by Gasteiger charge is -2.05. The average Bonchev–Trinajstić information content (AvgIpc) is 2.62. The summed E-state index contributed by atoms with van der Waals surface area (Å²) in [5.41, 5.74) is 8.18. The largest absolute Gasteiger partial charge is 0.329 e. The van der Waals surface area contributed by atoms with Crippen molar-refractivity contribution < 1.29 is 4.79 Å². The van der Waals surface area contributed by atoms with Crippen molar-refractivity contribution in [3.63, 3.8) is 0 Å². The van der Waals surface area contributed by atoms with E-state index >= 15 is 0 Å². The van der Waals surface area contributed by atoms with Gasteiger partial charge in [-0.15, -0.1) is 0 Å². The van der Waals surface area contributed by atoms with Crippen LogP contribution in [0.15, 0.2) is 17.5 Å². The van der Waals surface area contributed by atoms with Crippen LogP contribution in [-0.4, -0.2) is 21.9 Å². The standard InChI is InChI=1S/C8H11N5O/c1-7(11-12-9)2-4-13-5-3-10-8(13)6-14/h3,5-7H,2,4H2,1H3. The normalized spacial score (nSPS) is 11.8. The highest BCUT2D eigenvalue weighted by atomic mass is 16.1. The zero-order chi connectivity index (χ0) is 10.4. The minimum absolute atomic E-state index is 0.0677. The molecule has 0 aliphatic rings. The number of hydrogen-bond donors (Lipinski definition) is 0. The van der Waals surface area contributed by atoms with Gasteiger partial charge in [-0.2, -0.15) is 0 Å². The first-order valence-corrected chi connectivity index (χ1v) is 4.28. The molecule has 1 heterocycles. The summed E-state index contributed by atoms with van der Waals surface area (Å²) >= 11 is 0. The van der Waals surface area contributed by atoms with Crippen molar-refractivity contribution in [1.29, 1.82) is 0 Å². The van der Waals surface area contributed by atoms with Gasteiger partial charge in [-0.25, -0.2) is 4.98 Å². The number of aryl methyl sites for hydroxylation is 1. The second-order valence-electron chi connectivity index (χ2n) is 2.94. The summed E-state index contributed by atoms with van der Waals surface area (Å²) in [6.45, 7) is 2.46. The van der Waals surface area contributed by atoms with Gasteiger partial charge in [-0.3, -0.25) is 4.79 Å². The van der Waals surface area contributed by atoms with E-state index in [2.05, 4.69) is 15.0 Å². The first-order chi connectivity index (χ1) is 6.77. The molecule has 0 spiro atoms. The van der Waals surface area contributed by atoms with Gasteiger partial charge in [-0.05, 0) is 12.0 Å². The maximum atomic E-state index is 10.5. The Morgan fingerprint density at radius 1 is 1.86 bits per heavy atom. The summed E-state index contributed by atoms with van der Waals surface area (Å²) in [4.78, 5) is 17.1. The number of rotatable bonds is 5. The lowest BCUT2D eigenvalue weighted by molar-refractivity contribution is 0.111. The molecule has 0 saturated carbocycles. The van der Waals surface area contributed by atoms with E-state index < -0.39 is 0 Å². The third-order valence-electron chi connectivity index (χ3n) is 1.89. The predicted octanol–water partition coefficient (Wildman–Crippen LogP) is 1.78. The minimum atomic E-state index is -0.0677. The van der Waals surface area contributed by atoms with Crippen LogP contribution in [0.1, 0.15) is 24.0 Å². The van der Waals surface area contributed by atoms with E-state index in [4.69, 9.17) is 5.53 Å². The molecular formula is C8H11N5O. The number of carbonyl (C=O) groups excluding carboxylic acids is 1. The monoisotopic (exact) mass is 193 g/mol. The van der Waals surface area contributed by atoms with E-state index in [1.807, 2.05) is 6.92 Å². The first-order valence-electron chi connectivity index (χ1n) is 4.28. The summed E-state index contributed by atoms with van der Waals surface area (Å²) in [6, 6.07) is -0.0677. The Morgan fingerprint density at radius 2 is 2.64 bits per heavy atom. The fourth-order valence-electron chi connectivity index (χ4n) is 1.10. The molecular weight excluding hydrogens is 182 g/mol. The Morgan fingerprint density at radius 3 is 3.29 bits per heavy atom. The molecule has 0 bridgehead atoms. The predicted molar refractivity (Wildman–Crippen MR) is 50.8 cm³/mol. The second kappa shape index (κ2) is 5.04. The van der Waals surface area contributed by atoms with Crippen molar-refractivity contribution in [2.75, 3.05) is 0 Å². The van der Waals surface area contributed by atoms with Gasteiger partial charge in [0, 0.05) is 29.9 Å². The number of nitrogens with zero attached hydrogens (tertiary/aromatic N) is 5. The van der Waals surface area contributed by atoms with Crippen molar-refractivity contribution in [2.45, 2.75) is 25.9 Å². The lowest BCUT2D eigenvalue weighted by Crippen LogP contribution is -2.07. The van der Waals surface area contributed by atoms with Crippen LogP contribution >= 0.6 is 0 Å². The van der Waals surface area contributed by atoms with Crippen LogP contribution in [0.4, 0.5) is 0 Å². The number of aromatic nitrogens is 2. The van der Waals surface area contributed by atoms with E-state index in [-0.39, 0.29) is 6.04 Å². The van der Waals surface area contributed by atoms with Crippen LogP contribution in [0.25, 0.3) is 10.4 Å². The molecule has 0 aromatic carbocycles. The first kappa shape index (κ1) is 10.3. The topological polar surface area (TPSA) is 83.7 Å². The summed E-state index contributed by atoms with van der Waals surface area (Å²) in [5.74, 6) is 0.401. The highest BCUT2D eigenvalue weighted by Gasteiger charge is 2.03. The van der Waals surface area contributed by atoms with E-state index in [9.17, 15) is 4.79 Å². The smallest absolute Gasteiger partial charge is 0.185 e. The molecule has 1 aromatic heterocycles. The fraction of sp³-hybridized carbons (Fsp3) is 0.500. The number of hydrogen-bond acceptors (Lipinski definition) is 3. The van der Waals surface area contributed by atoms with Gasteiger partial charge < -0.3 is 4.57 Å². The molecule has 0 fully saturated rings. The maximum absolute atomic E-state index is 10.5. The molecule has 14 heavy (non-hydrogen) atoms. The number of aldehydes is 1. The molecule has 74 valence electrons. The van der Waals surface area contributed by atoms with Gasteiger partial charge in [0.2, 0.25) is 0 Å². The Labute approximate surface area is 81.2 Å². The van der Waals surface area contributed by atoms with Crippen molar-refractivity contribution in [1.82, 2.24) is 9.55 Å². The molecule has 0 aliphatic heterocycles. The van der Waals surface area contributed by atoms with Crippen LogP contribution in [0.3, 0.4) is 0 Å². The highest BCUT2D eigenvalue weighted by molar-refractivity contribution is 5.69. The molecule has 6 nitrogen and oxygen atoms in total. The zero-order valence-corrected chi connectivity index (χ0v) is 7.87. The van der Waals surface area contributed by atoms with Crippen molar-refractivity contribution >= 4 is 6.29 Å². The molecule has 0 aliphatic carbocycles. The van der Waals surface area contributed by atoms with Crippen LogP contribution in [0.2, 0.25) is 0 Å². The van der Waals surface area contributed by atoms with Crippen LogP contribution < -0.4 is 0 Å². The van der Waals surface area contributed by atoms with Crippen molar-refractivity contribution in [2.24, 2.45) is 5.11 Å². The molecule has 0 saturated heterocycles. The Hall–Kier alpha value is -1.81. The average molecular weight is 193 g/mol. The van der Waals surface area contributed by atoms with E-state index in [1.54, 1.807) is 17.0 Å². The van der Waals surface area contributed by atoms with Gasteiger partial charge in [0.15, 0.2) is 12.1 Å². The maximum Gasteiger partial charge on any atom is 0.185 e. The van der Waals surface area contributed by atoms with Crippen molar-refractivity contribution in [3.05, 3.63) is 28.7 Å². The number of azide groups is 1. The van der Waals surface area contributed by atoms with Gasteiger partial charge >= 0.3 is 0 Å². The molecule has 1 unspecified atom stereocenters. The van der Waals surface area contributed by atoms with Gasteiger partial charge in [0.05, 0.1) is 0 Å². The molecule has 1 atom stereocenters. The van der Waals surface area contributed by atoms with Gasteiger partial charge in [0.1, 0.15) is 0 Å². The fourth-order valence-corrected chi connectivity index (χ4v) is 1.10. The summed E-state index contributed by atoms with van der Waals surface area (Å²) in [7, 11) is 0. The van der Waals surface area contributed by atoms with Crippen LogP contribution in [-0.2, 0) is 6.54 Å². The third-order valence-corrected chi connectivity index (χ3v) is 1.89. The molecule has 1 aromatic rings. The second-order valence-corrected chi connectivity index (χ2v) is 2.94. The molecule has 0 amide bonds. The van der Waals surface area contributed by atoms with E-state index in [0.717, 1.165) is 0 Å². The van der Waals surface area contributed by atoms with Crippen molar-refractivity contribution in [3.8, 4) is 0 Å². The molecule has 0 N–H and O–H groups in total. The molecule has 1 rings (SSSR count). The summed E-state index contributed by atoms with van der Waals surface area (Å²) in [5, 5.41) is 3.54. The van der Waals surface area contributed by atoms with Crippen LogP contribution in [0.5, 0.6) is 0 Å². The minimum Gasteiger partial charge on any atom is -0.329 e. The summed E-state index contributed by atoms with van der Waals surface area (Å²) < 4.78 is 1.73. The van der Waals surface area contributed by atoms with Gasteiger partial charge in [0.25, 0.3) is 0 Å². The van der Waals surface area contributed by atoms with E-state index in [1.165, 1.54) is 0 Å². The van der Waals surface area contributed by atoms with E-state index in [0.29, 0.717) is 25.1 Å². The SMILES string of the molecule is CC(CCn1ccnc1C=O)N=[N+]=[N-]. The number of carbonyl (C=O) groups is 1. The Kier molecular flexibility index (Phi) is 3.69. The number of imidazole rings is 1. The summed E-state index contributed by atoms with van der Waals surface area (Å²) in [6.07, 6.45) is 4.70. The molecule has 6 heteroatoms. The quantitative estimate of drug-likeness (QED) is 0.309. The van der Waals surface area contributed by atoms with Gasteiger partial charge in [-0.1, -0.05) is 12.0 Å². The highest BCUT2D eigenvalue weighted by Crippen LogP contribution is 2.02. The third kappa shape index (κ3) is 2.60. The Balaban J connectivity index is 2.52. The molecule has 0 radical (unpaired) electrons. The lowest BCUT2D eigenvalue weighted by atomic mass is 10.2. The van der Waals surface area contributed by atoms with Crippen LogP contribution in [0, 0.1) is 0 Å². The Bertz CT molecular complexity index is 352.